The molecule has 0 saturated heterocycles. The molecule has 96 valence electrons. The smallest absolute Gasteiger partial charge is 0.00201 e. The van der Waals surface area contributed by atoms with Crippen LogP contribution < -0.4 is 5.32 Å². The van der Waals surface area contributed by atoms with E-state index in [1.165, 1.54) is 24.8 Å². The Morgan fingerprint density at radius 1 is 1.00 bits per heavy atom. The van der Waals surface area contributed by atoms with E-state index in [4.69, 9.17) is 0 Å². The SMILES string of the molecule is CCNCC(CC(CC)CC)c1ccccc1. The average molecular weight is 233 g/mol. The molecule has 0 fully saturated rings. The van der Waals surface area contributed by atoms with Gasteiger partial charge in [0.05, 0.1) is 0 Å². The topological polar surface area (TPSA) is 12.0 Å². The number of hydrogen-bond acceptors (Lipinski definition) is 1. The van der Waals surface area contributed by atoms with E-state index in [1.807, 2.05) is 0 Å². The molecule has 1 atom stereocenters. The van der Waals surface area contributed by atoms with Crippen LogP contribution in [0.1, 0.15) is 51.5 Å². The molecule has 1 unspecified atom stereocenters. The fraction of sp³-hybridized carbons (Fsp3) is 0.625. The molecule has 0 amide bonds. The number of nitrogens with one attached hydrogen (secondary N) is 1. The van der Waals surface area contributed by atoms with Crippen LogP contribution in [0, 0.1) is 5.92 Å². The molecule has 1 aromatic carbocycles. The normalized spacial score (nSPS) is 12.9. The van der Waals surface area contributed by atoms with E-state index in [0.29, 0.717) is 5.92 Å². The maximum atomic E-state index is 3.50. The molecule has 1 N–H and O–H groups in total. The van der Waals surface area contributed by atoms with Crippen molar-refractivity contribution in [2.75, 3.05) is 13.1 Å². The lowest BCUT2D eigenvalue weighted by molar-refractivity contribution is 0.400. The Kier molecular flexibility index (Phi) is 6.95. The lowest BCUT2D eigenvalue weighted by Gasteiger charge is -2.22. The van der Waals surface area contributed by atoms with Gasteiger partial charge in [-0.15, -0.1) is 0 Å². The van der Waals surface area contributed by atoms with Gasteiger partial charge in [-0.1, -0.05) is 63.9 Å². The van der Waals surface area contributed by atoms with Crippen LogP contribution in [0.15, 0.2) is 30.3 Å². The third kappa shape index (κ3) is 4.91. The van der Waals surface area contributed by atoms with E-state index in [-0.39, 0.29) is 0 Å². The highest BCUT2D eigenvalue weighted by Crippen LogP contribution is 2.26. The first-order chi connectivity index (χ1) is 8.31. The van der Waals surface area contributed by atoms with Crippen LogP contribution in [-0.4, -0.2) is 13.1 Å². The van der Waals surface area contributed by atoms with E-state index in [2.05, 4.69) is 56.4 Å². The fourth-order valence-corrected chi connectivity index (χ4v) is 2.41. The summed E-state index contributed by atoms with van der Waals surface area (Å²) >= 11 is 0. The highest BCUT2D eigenvalue weighted by molar-refractivity contribution is 5.20. The molecule has 1 nitrogen and oxygen atoms in total. The second kappa shape index (κ2) is 8.30. The molecule has 1 aromatic rings. The monoisotopic (exact) mass is 233 g/mol. The van der Waals surface area contributed by atoms with Crippen LogP contribution >= 0.6 is 0 Å². The van der Waals surface area contributed by atoms with Gasteiger partial charge in [0.15, 0.2) is 0 Å². The van der Waals surface area contributed by atoms with Gasteiger partial charge in [-0.25, -0.2) is 0 Å². The zero-order valence-corrected chi connectivity index (χ0v) is 11.6. The van der Waals surface area contributed by atoms with Crippen LogP contribution in [-0.2, 0) is 0 Å². The maximum absolute atomic E-state index is 3.50. The molecular weight excluding hydrogens is 206 g/mol. The second-order valence-electron chi connectivity index (χ2n) is 4.83. The largest absolute Gasteiger partial charge is 0.316 e. The van der Waals surface area contributed by atoms with Gasteiger partial charge in [0.1, 0.15) is 0 Å². The zero-order chi connectivity index (χ0) is 12.5. The van der Waals surface area contributed by atoms with Crippen molar-refractivity contribution in [1.82, 2.24) is 5.32 Å². The Labute approximate surface area is 107 Å². The quantitative estimate of drug-likeness (QED) is 0.709. The maximum Gasteiger partial charge on any atom is 0.00201 e. The van der Waals surface area contributed by atoms with E-state index < -0.39 is 0 Å². The Balaban J connectivity index is 2.66. The summed E-state index contributed by atoms with van der Waals surface area (Å²) in [6, 6.07) is 10.9. The summed E-state index contributed by atoms with van der Waals surface area (Å²) < 4.78 is 0. The second-order valence-corrected chi connectivity index (χ2v) is 4.83. The minimum Gasteiger partial charge on any atom is -0.316 e. The molecule has 0 bridgehead atoms. The molecular formula is C16H27N. The van der Waals surface area contributed by atoms with Crippen LogP contribution in [0.3, 0.4) is 0 Å². The van der Waals surface area contributed by atoms with E-state index in [1.54, 1.807) is 0 Å². The van der Waals surface area contributed by atoms with Crippen molar-refractivity contribution in [3.05, 3.63) is 35.9 Å². The van der Waals surface area contributed by atoms with Crippen molar-refractivity contribution >= 4 is 0 Å². The summed E-state index contributed by atoms with van der Waals surface area (Å²) in [4.78, 5) is 0. The first-order valence-electron chi connectivity index (χ1n) is 7.07. The lowest BCUT2D eigenvalue weighted by Crippen LogP contribution is -2.23. The molecule has 1 heteroatoms. The summed E-state index contributed by atoms with van der Waals surface area (Å²) in [6.07, 6.45) is 3.90. The number of benzene rings is 1. The van der Waals surface area contributed by atoms with Crippen molar-refractivity contribution in [1.29, 1.82) is 0 Å². The molecule has 0 aromatic heterocycles. The van der Waals surface area contributed by atoms with Gasteiger partial charge in [0, 0.05) is 6.54 Å². The van der Waals surface area contributed by atoms with Crippen molar-refractivity contribution < 1.29 is 0 Å². The molecule has 1 rings (SSSR count). The molecule has 0 aliphatic heterocycles. The molecule has 17 heavy (non-hydrogen) atoms. The minimum absolute atomic E-state index is 0.668. The Morgan fingerprint density at radius 2 is 1.65 bits per heavy atom. The number of likely N-dealkylation sites (N-methyl/N-ethyl adjacent to an activating group) is 1. The summed E-state index contributed by atoms with van der Waals surface area (Å²) in [5, 5.41) is 3.50. The van der Waals surface area contributed by atoms with Crippen molar-refractivity contribution in [2.45, 2.75) is 46.0 Å². The first kappa shape index (κ1) is 14.2. The van der Waals surface area contributed by atoms with E-state index in [0.717, 1.165) is 19.0 Å². The predicted molar refractivity (Wildman–Crippen MR) is 76.4 cm³/mol. The predicted octanol–water partition coefficient (Wildman–Crippen LogP) is 4.21. The summed E-state index contributed by atoms with van der Waals surface area (Å²) in [5.74, 6) is 1.53. The minimum atomic E-state index is 0.668. The number of rotatable bonds is 8. The number of hydrogen-bond donors (Lipinski definition) is 1. The van der Waals surface area contributed by atoms with Crippen molar-refractivity contribution in [3.63, 3.8) is 0 Å². The molecule has 0 radical (unpaired) electrons. The van der Waals surface area contributed by atoms with Gasteiger partial charge in [-0.2, -0.15) is 0 Å². The van der Waals surface area contributed by atoms with Crippen molar-refractivity contribution in [3.8, 4) is 0 Å². The van der Waals surface area contributed by atoms with Gasteiger partial charge < -0.3 is 5.32 Å². The van der Waals surface area contributed by atoms with Gasteiger partial charge in [-0.05, 0) is 30.4 Å². The average Bonchev–Trinajstić information content (AvgIpc) is 2.40. The molecule has 0 saturated carbocycles. The summed E-state index contributed by atoms with van der Waals surface area (Å²) in [6.45, 7) is 8.97. The molecule has 0 aliphatic carbocycles. The van der Waals surface area contributed by atoms with Crippen LogP contribution in [0.5, 0.6) is 0 Å². The van der Waals surface area contributed by atoms with E-state index in [9.17, 15) is 0 Å². The summed E-state index contributed by atoms with van der Waals surface area (Å²) in [5.41, 5.74) is 1.49. The highest BCUT2D eigenvalue weighted by Gasteiger charge is 2.15. The Bertz CT molecular complexity index is 277. The van der Waals surface area contributed by atoms with Crippen LogP contribution in [0.4, 0.5) is 0 Å². The Morgan fingerprint density at radius 3 is 2.18 bits per heavy atom. The molecule has 0 spiro atoms. The van der Waals surface area contributed by atoms with Gasteiger partial charge >= 0.3 is 0 Å². The zero-order valence-electron chi connectivity index (χ0n) is 11.6. The fourth-order valence-electron chi connectivity index (χ4n) is 2.41. The third-order valence-electron chi connectivity index (χ3n) is 3.68. The summed E-state index contributed by atoms with van der Waals surface area (Å²) in [7, 11) is 0. The lowest BCUT2D eigenvalue weighted by atomic mass is 9.86. The van der Waals surface area contributed by atoms with E-state index >= 15 is 0 Å². The van der Waals surface area contributed by atoms with Gasteiger partial charge in [0.25, 0.3) is 0 Å². The molecule has 0 aliphatic rings. The van der Waals surface area contributed by atoms with Crippen LogP contribution in [0.2, 0.25) is 0 Å². The van der Waals surface area contributed by atoms with Crippen molar-refractivity contribution in [2.24, 2.45) is 5.92 Å². The third-order valence-corrected chi connectivity index (χ3v) is 3.68. The van der Waals surface area contributed by atoms with Gasteiger partial charge in [-0.3, -0.25) is 0 Å². The van der Waals surface area contributed by atoms with Crippen LogP contribution in [0.25, 0.3) is 0 Å². The first-order valence-corrected chi connectivity index (χ1v) is 7.07. The highest BCUT2D eigenvalue weighted by atomic mass is 14.8. The van der Waals surface area contributed by atoms with Gasteiger partial charge in [0.2, 0.25) is 0 Å². The molecule has 0 heterocycles. The Hall–Kier alpha value is -0.820. The standard InChI is InChI=1S/C16H27N/c1-4-14(5-2)12-16(13-17-6-3)15-10-8-7-9-11-15/h7-11,14,16-17H,4-6,12-13H2,1-3H3.